The maximum absolute atomic E-state index is 14.6. The van der Waals surface area contributed by atoms with E-state index >= 15 is 0 Å². The van der Waals surface area contributed by atoms with Crippen LogP contribution in [0.5, 0.6) is 0 Å². The van der Waals surface area contributed by atoms with Gasteiger partial charge in [0.15, 0.2) is 0 Å². The number of rotatable bonds is 10. The SMILES string of the molecule is CCCCCCCCc1ccc(C#Cc2ccc(C#Cc3ccc(CCCC)cc3)c(F)c2)cc1. The Bertz CT molecular complexity index is 1160. The molecule has 0 aromatic heterocycles. The summed E-state index contributed by atoms with van der Waals surface area (Å²) in [6.07, 6.45) is 12.5. The topological polar surface area (TPSA) is 0 Å². The first kappa shape index (κ1) is 26.3. The Morgan fingerprint density at radius 3 is 1.60 bits per heavy atom. The number of unbranched alkanes of at least 4 members (excludes halogenated alkanes) is 6. The zero-order chi connectivity index (χ0) is 24.7. The number of hydrogen-bond acceptors (Lipinski definition) is 0. The van der Waals surface area contributed by atoms with Gasteiger partial charge in [-0.25, -0.2) is 4.39 Å². The summed E-state index contributed by atoms with van der Waals surface area (Å²) in [7, 11) is 0. The summed E-state index contributed by atoms with van der Waals surface area (Å²) < 4.78 is 14.6. The van der Waals surface area contributed by atoms with Crippen molar-refractivity contribution in [3.8, 4) is 23.7 Å². The predicted octanol–water partition coefficient (Wildman–Crippen LogP) is 8.87. The first-order chi connectivity index (χ1) is 17.2. The van der Waals surface area contributed by atoms with E-state index in [-0.39, 0.29) is 5.82 Å². The Hall–Kier alpha value is -3.29. The number of halogens is 1. The molecule has 0 atom stereocenters. The monoisotopic (exact) mass is 464 g/mol. The molecule has 3 aromatic rings. The quantitative estimate of drug-likeness (QED) is 0.208. The van der Waals surface area contributed by atoms with Crippen LogP contribution >= 0.6 is 0 Å². The van der Waals surface area contributed by atoms with Gasteiger partial charge in [-0.2, -0.15) is 0 Å². The average molecular weight is 465 g/mol. The van der Waals surface area contributed by atoms with Crippen molar-refractivity contribution in [3.05, 3.63) is 106 Å². The molecule has 0 aliphatic carbocycles. The van der Waals surface area contributed by atoms with Crippen molar-refractivity contribution in [1.82, 2.24) is 0 Å². The van der Waals surface area contributed by atoms with Crippen molar-refractivity contribution in [2.24, 2.45) is 0 Å². The highest BCUT2D eigenvalue weighted by atomic mass is 19.1. The van der Waals surface area contributed by atoms with E-state index in [4.69, 9.17) is 0 Å². The standard InChI is InChI=1S/C34H37F/c1-3-5-7-8-9-10-12-29-15-17-30(18-16-29)21-22-32-24-26-33(34(35)27-32)25-23-31-19-13-28(14-20-31)11-6-4-2/h13-20,24,26-27H,3-12H2,1-2H3. The summed E-state index contributed by atoms with van der Waals surface area (Å²) in [5.74, 6) is 11.9. The molecule has 0 N–H and O–H groups in total. The molecule has 0 saturated heterocycles. The Labute approximate surface area is 212 Å². The lowest BCUT2D eigenvalue weighted by atomic mass is 10.0. The van der Waals surface area contributed by atoms with Crippen LogP contribution in [-0.2, 0) is 12.8 Å². The molecule has 0 aliphatic rings. The zero-order valence-corrected chi connectivity index (χ0v) is 21.3. The predicted molar refractivity (Wildman–Crippen MR) is 147 cm³/mol. The second-order valence-electron chi connectivity index (χ2n) is 9.21. The Morgan fingerprint density at radius 2 is 1.00 bits per heavy atom. The Balaban J connectivity index is 1.54. The summed E-state index contributed by atoms with van der Waals surface area (Å²) in [6, 6.07) is 21.7. The molecule has 3 rings (SSSR count). The van der Waals surface area contributed by atoms with Gasteiger partial charge >= 0.3 is 0 Å². The minimum absolute atomic E-state index is 0.335. The second kappa shape index (κ2) is 14.9. The highest BCUT2D eigenvalue weighted by molar-refractivity contribution is 5.49. The van der Waals surface area contributed by atoms with Gasteiger partial charge in [0.2, 0.25) is 0 Å². The molecule has 1 heteroatoms. The first-order valence-electron chi connectivity index (χ1n) is 13.2. The van der Waals surface area contributed by atoms with Crippen LogP contribution in [0.2, 0.25) is 0 Å². The summed E-state index contributed by atoms with van der Waals surface area (Å²) in [6.45, 7) is 4.45. The van der Waals surface area contributed by atoms with E-state index in [0.717, 1.165) is 24.0 Å². The van der Waals surface area contributed by atoms with Crippen molar-refractivity contribution in [2.75, 3.05) is 0 Å². The van der Waals surface area contributed by atoms with Crippen LogP contribution in [0.1, 0.15) is 98.6 Å². The van der Waals surface area contributed by atoms with Gasteiger partial charge < -0.3 is 0 Å². The third kappa shape index (κ3) is 9.47. The summed E-state index contributed by atoms with van der Waals surface area (Å²) in [5, 5.41) is 0. The van der Waals surface area contributed by atoms with E-state index in [1.165, 1.54) is 68.6 Å². The van der Waals surface area contributed by atoms with Gasteiger partial charge in [-0.05, 0) is 79.3 Å². The normalized spacial score (nSPS) is 10.3. The molecule has 3 aromatic carbocycles. The Morgan fingerprint density at radius 1 is 0.514 bits per heavy atom. The van der Waals surface area contributed by atoms with Gasteiger partial charge in [0.1, 0.15) is 5.82 Å². The molecule has 0 amide bonds. The number of hydrogen-bond donors (Lipinski definition) is 0. The fourth-order valence-corrected chi connectivity index (χ4v) is 3.98. The summed E-state index contributed by atoms with van der Waals surface area (Å²) in [5.41, 5.74) is 5.57. The first-order valence-corrected chi connectivity index (χ1v) is 13.2. The lowest BCUT2D eigenvalue weighted by Gasteiger charge is -2.02. The van der Waals surface area contributed by atoms with Crippen molar-refractivity contribution in [3.63, 3.8) is 0 Å². The van der Waals surface area contributed by atoms with Gasteiger partial charge in [-0.15, -0.1) is 0 Å². The van der Waals surface area contributed by atoms with Crippen LogP contribution in [0, 0.1) is 29.5 Å². The molecule has 0 fully saturated rings. The number of aryl methyl sites for hydroxylation is 2. The highest BCUT2D eigenvalue weighted by Crippen LogP contribution is 2.13. The van der Waals surface area contributed by atoms with E-state index in [1.807, 2.05) is 18.2 Å². The fourth-order valence-electron chi connectivity index (χ4n) is 3.98. The molecule has 35 heavy (non-hydrogen) atoms. The van der Waals surface area contributed by atoms with Crippen molar-refractivity contribution in [2.45, 2.75) is 78.1 Å². The molecule has 0 nitrogen and oxygen atoms in total. The average Bonchev–Trinajstić information content (AvgIpc) is 2.89. The van der Waals surface area contributed by atoms with E-state index in [1.54, 1.807) is 6.07 Å². The maximum atomic E-state index is 14.6. The van der Waals surface area contributed by atoms with E-state index in [2.05, 4.69) is 73.9 Å². The maximum Gasteiger partial charge on any atom is 0.140 e. The van der Waals surface area contributed by atoms with Crippen LogP contribution in [0.25, 0.3) is 0 Å². The molecule has 0 radical (unpaired) electrons. The highest BCUT2D eigenvalue weighted by Gasteiger charge is 2.00. The van der Waals surface area contributed by atoms with Crippen molar-refractivity contribution >= 4 is 0 Å². The van der Waals surface area contributed by atoms with Crippen LogP contribution in [0.15, 0.2) is 66.7 Å². The molecular formula is C34H37F. The Kier molecular flexibility index (Phi) is 11.2. The molecule has 0 heterocycles. The largest absolute Gasteiger partial charge is 0.206 e. The minimum Gasteiger partial charge on any atom is -0.206 e. The smallest absolute Gasteiger partial charge is 0.140 e. The molecule has 0 saturated carbocycles. The molecule has 0 bridgehead atoms. The van der Waals surface area contributed by atoms with Crippen LogP contribution < -0.4 is 0 Å². The lowest BCUT2D eigenvalue weighted by molar-refractivity contribution is 0.607. The zero-order valence-electron chi connectivity index (χ0n) is 21.3. The van der Waals surface area contributed by atoms with Gasteiger partial charge in [0.25, 0.3) is 0 Å². The number of benzene rings is 3. The van der Waals surface area contributed by atoms with Gasteiger partial charge in [0, 0.05) is 16.7 Å². The lowest BCUT2D eigenvalue weighted by Crippen LogP contribution is -1.88. The molecule has 180 valence electrons. The summed E-state index contributed by atoms with van der Waals surface area (Å²) in [4.78, 5) is 0. The van der Waals surface area contributed by atoms with Gasteiger partial charge in [-0.1, -0.05) is 100 Å². The fraction of sp³-hybridized carbons (Fsp3) is 0.353. The van der Waals surface area contributed by atoms with Crippen LogP contribution in [-0.4, -0.2) is 0 Å². The molecule has 0 spiro atoms. The van der Waals surface area contributed by atoms with Gasteiger partial charge in [-0.3, -0.25) is 0 Å². The van der Waals surface area contributed by atoms with E-state index in [9.17, 15) is 4.39 Å². The third-order valence-corrected chi connectivity index (χ3v) is 6.21. The molecular weight excluding hydrogens is 427 g/mol. The summed E-state index contributed by atoms with van der Waals surface area (Å²) >= 11 is 0. The van der Waals surface area contributed by atoms with Crippen LogP contribution in [0.3, 0.4) is 0 Å². The molecule has 0 aliphatic heterocycles. The van der Waals surface area contributed by atoms with Crippen molar-refractivity contribution in [1.29, 1.82) is 0 Å². The minimum atomic E-state index is -0.335. The van der Waals surface area contributed by atoms with E-state index in [0.29, 0.717) is 11.1 Å². The van der Waals surface area contributed by atoms with E-state index < -0.39 is 0 Å². The van der Waals surface area contributed by atoms with Crippen molar-refractivity contribution < 1.29 is 4.39 Å². The third-order valence-electron chi connectivity index (χ3n) is 6.21. The second-order valence-corrected chi connectivity index (χ2v) is 9.21. The van der Waals surface area contributed by atoms with Crippen LogP contribution in [0.4, 0.5) is 4.39 Å². The molecule has 0 unspecified atom stereocenters. The van der Waals surface area contributed by atoms with Gasteiger partial charge in [0.05, 0.1) is 5.56 Å².